The van der Waals surface area contributed by atoms with Crippen molar-refractivity contribution < 1.29 is 0 Å². The number of rotatable bonds is 4. The highest BCUT2D eigenvalue weighted by Crippen LogP contribution is 2.62. The molecule has 11 rings (SSSR count). The third-order valence-electron chi connectivity index (χ3n) is 11.0. The molecule has 53 heavy (non-hydrogen) atoms. The van der Waals surface area contributed by atoms with Crippen molar-refractivity contribution in [3.05, 3.63) is 205 Å². The zero-order valence-corrected chi connectivity index (χ0v) is 28.6. The largest absolute Gasteiger partial charge is 0.236 e. The molecule has 2 heterocycles. The maximum absolute atomic E-state index is 5.59. The third kappa shape index (κ3) is 4.30. The van der Waals surface area contributed by atoms with Crippen LogP contribution in [0.15, 0.2) is 182 Å². The van der Waals surface area contributed by atoms with Crippen LogP contribution in [0, 0.1) is 0 Å². The van der Waals surface area contributed by atoms with Gasteiger partial charge in [-0.25, -0.2) is 19.9 Å². The number of aromatic nitrogens is 4. The molecule has 0 atom stereocenters. The Kier molecular flexibility index (Phi) is 6.43. The summed E-state index contributed by atoms with van der Waals surface area (Å²) in [6, 6.07) is 61.9. The third-order valence-corrected chi connectivity index (χ3v) is 11.0. The molecule has 1 spiro atoms. The molecule has 0 amide bonds. The Morgan fingerprint density at radius 3 is 1.30 bits per heavy atom. The minimum atomic E-state index is -0.536. The summed E-state index contributed by atoms with van der Waals surface area (Å²) >= 11 is 0. The molecule has 246 valence electrons. The standard InChI is InChI=1S/C49H30N4/c1-3-15-31(16-4-1)44-29-45(32-17-5-2-6-18-32)52-48(51-44)39-28-27-38(33-19-7-8-20-34(33)39)47-50-30-40-37-23-11-14-26-43(37)49(46(40)53-47)41-24-12-9-21-35(41)36-22-10-13-25-42(36)49/h1-30H. The second-order valence-electron chi connectivity index (χ2n) is 13.7. The summed E-state index contributed by atoms with van der Waals surface area (Å²) in [5.74, 6) is 1.38. The lowest BCUT2D eigenvalue weighted by atomic mass is 9.72. The van der Waals surface area contributed by atoms with E-state index in [2.05, 4.69) is 140 Å². The SMILES string of the molecule is c1ccc(-c2cc(-c3ccccc3)nc(-c3ccc(-c4ncc5c(n4)C4(c6ccccc6-c6ccccc64)c4ccccc4-5)c4ccccc34)n2)cc1. The van der Waals surface area contributed by atoms with E-state index in [-0.39, 0.29) is 0 Å². The minimum Gasteiger partial charge on any atom is -0.236 e. The topological polar surface area (TPSA) is 51.6 Å². The van der Waals surface area contributed by atoms with Gasteiger partial charge in [0.25, 0.3) is 0 Å². The van der Waals surface area contributed by atoms with Gasteiger partial charge in [-0.15, -0.1) is 0 Å². The Balaban J connectivity index is 1.12. The second-order valence-corrected chi connectivity index (χ2v) is 13.7. The summed E-state index contributed by atoms with van der Waals surface area (Å²) in [5, 5.41) is 2.10. The zero-order valence-electron chi connectivity index (χ0n) is 28.6. The predicted octanol–water partition coefficient (Wildman–Crippen LogP) is 11.4. The van der Waals surface area contributed by atoms with E-state index in [1.807, 2.05) is 42.6 Å². The molecule has 0 saturated carbocycles. The molecular formula is C49H30N4. The van der Waals surface area contributed by atoms with Gasteiger partial charge in [0, 0.05) is 34.0 Å². The van der Waals surface area contributed by atoms with Gasteiger partial charge in [-0.1, -0.05) is 158 Å². The van der Waals surface area contributed by atoms with Gasteiger partial charge in [0.15, 0.2) is 11.6 Å². The van der Waals surface area contributed by atoms with E-state index in [0.717, 1.165) is 55.7 Å². The van der Waals surface area contributed by atoms with Crippen LogP contribution in [0.1, 0.15) is 22.4 Å². The number of hydrogen-bond donors (Lipinski definition) is 0. The molecule has 0 fully saturated rings. The van der Waals surface area contributed by atoms with Gasteiger partial charge >= 0.3 is 0 Å². The Morgan fingerprint density at radius 1 is 0.340 bits per heavy atom. The van der Waals surface area contributed by atoms with Crippen LogP contribution in [0.2, 0.25) is 0 Å². The predicted molar refractivity (Wildman–Crippen MR) is 213 cm³/mol. The quantitative estimate of drug-likeness (QED) is 0.186. The van der Waals surface area contributed by atoms with Gasteiger partial charge in [-0.2, -0.15) is 0 Å². The highest BCUT2D eigenvalue weighted by atomic mass is 14.9. The van der Waals surface area contributed by atoms with Gasteiger partial charge in [0.1, 0.15) is 0 Å². The Bertz CT molecular complexity index is 2780. The molecular weight excluding hydrogens is 645 g/mol. The Morgan fingerprint density at radius 2 is 0.774 bits per heavy atom. The van der Waals surface area contributed by atoms with Crippen LogP contribution in [-0.4, -0.2) is 19.9 Å². The molecule has 2 aromatic heterocycles. The van der Waals surface area contributed by atoms with Crippen molar-refractivity contribution in [1.82, 2.24) is 19.9 Å². The molecule has 0 unspecified atom stereocenters. The first-order chi connectivity index (χ1) is 26.3. The Labute approximate surface area is 307 Å². The molecule has 9 aromatic rings. The number of fused-ring (bicyclic) bond motifs is 11. The maximum atomic E-state index is 5.59. The van der Waals surface area contributed by atoms with Gasteiger partial charge in [0.2, 0.25) is 0 Å². The van der Waals surface area contributed by atoms with Crippen molar-refractivity contribution >= 4 is 10.8 Å². The van der Waals surface area contributed by atoms with E-state index >= 15 is 0 Å². The van der Waals surface area contributed by atoms with E-state index in [4.69, 9.17) is 19.9 Å². The monoisotopic (exact) mass is 674 g/mol. The molecule has 0 radical (unpaired) electrons. The van der Waals surface area contributed by atoms with Crippen LogP contribution in [0.5, 0.6) is 0 Å². The number of nitrogens with zero attached hydrogens (tertiary/aromatic N) is 4. The molecule has 0 bridgehead atoms. The molecule has 7 aromatic carbocycles. The van der Waals surface area contributed by atoms with E-state index in [1.165, 1.54) is 33.4 Å². The first kappa shape index (κ1) is 29.7. The molecule has 2 aliphatic rings. The average molecular weight is 675 g/mol. The van der Waals surface area contributed by atoms with E-state index in [1.54, 1.807) is 0 Å². The normalized spacial score (nSPS) is 13.1. The van der Waals surface area contributed by atoms with Gasteiger partial charge in [-0.05, 0) is 62.4 Å². The van der Waals surface area contributed by atoms with Crippen molar-refractivity contribution in [3.63, 3.8) is 0 Å². The fourth-order valence-electron chi connectivity index (χ4n) is 8.72. The second kappa shape index (κ2) is 11.5. The highest BCUT2D eigenvalue weighted by Gasteiger charge is 2.53. The van der Waals surface area contributed by atoms with Crippen molar-refractivity contribution in [2.75, 3.05) is 0 Å². The lowest BCUT2D eigenvalue weighted by Crippen LogP contribution is -2.27. The lowest BCUT2D eigenvalue weighted by molar-refractivity contribution is 0.758. The van der Waals surface area contributed by atoms with Gasteiger partial charge < -0.3 is 0 Å². The van der Waals surface area contributed by atoms with Gasteiger partial charge in [-0.3, -0.25) is 0 Å². The van der Waals surface area contributed by atoms with E-state index in [9.17, 15) is 0 Å². The highest BCUT2D eigenvalue weighted by molar-refractivity contribution is 6.04. The summed E-state index contributed by atoms with van der Waals surface area (Å²) in [5.41, 5.74) is 14.8. The first-order valence-electron chi connectivity index (χ1n) is 18.0. The fraction of sp³-hybridized carbons (Fsp3) is 0.0204. The molecule has 0 aliphatic heterocycles. The fourth-order valence-corrected chi connectivity index (χ4v) is 8.72. The van der Waals surface area contributed by atoms with Gasteiger partial charge in [0.05, 0.1) is 22.5 Å². The number of hydrogen-bond acceptors (Lipinski definition) is 4. The minimum absolute atomic E-state index is 0.536. The van der Waals surface area contributed by atoms with Crippen LogP contribution in [-0.2, 0) is 5.41 Å². The van der Waals surface area contributed by atoms with Crippen molar-refractivity contribution in [1.29, 1.82) is 0 Å². The summed E-state index contributed by atoms with van der Waals surface area (Å²) < 4.78 is 0. The molecule has 0 N–H and O–H groups in total. The smallest absolute Gasteiger partial charge is 0.161 e. The lowest BCUT2D eigenvalue weighted by Gasteiger charge is -2.29. The van der Waals surface area contributed by atoms with E-state index < -0.39 is 5.41 Å². The summed E-state index contributed by atoms with van der Waals surface area (Å²) in [6.07, 6.45) is 2.04. The number of benzene rings is 7. The first-order valence-corrected chi connectivity index (χ1v) is 18.0. The molecule has 4 heteroatoms. The summed E-state index contributed by atoms with van der Waals surface area (Å²) in [7, 11) is 0. The van der Waals surface area contributed by atoms with Crippen LogP contribution in [0.3, 0.4) is 0 Å². The van der Waals surface area contributed by atoms with Crippen molar-refractivity contribution in [3.8, 4) is 67.5 Å². The van der Waals surface area contributed by atoms with Crippen LogP contribution in [0.25, 0.3) is 78.3 Å². The molecule has 4 nitrogen and oxygen atoms in total. The maximum Gasteiger partial charge on any atom is 0.161 e. The van der Waals surface area contributed by atoms with Crippen LogP contribution >= 0.6 is 0 Å². The van der Waals surface area contributed by atoms with Crippen molar-refractivity contribution in [2.24, 2.45) is 0 Å². The average Bonchev–Trinajstić information content (AvgIpc) is 3.71. The molecule has 2 aliphatic carbocycles. The zero-order chi connectivity index (χ0) is 34.9. The van der Waals surface area contributed by atoms with Crippen molar-refractivity contribution in [2.45, 2.75) is 5.41 Å². The van der Waals surface area contributed by atoms with Crippen LogP contribution < -0.4 is 0 Å². The molecule has 0 saturated heterocycles. The summed E-state index contributed by atoms with van der Waals surface area (Å²) in [6.45, 7) is 0. The van der Waals surface area contributed by atoms with E-state index in [0.29, 0.717) is 11.6 Å². The van der Waals surface area contributed by atoms with Crippen LogP contribution in [0.4, 0.5) is 0 Å². The summed E-state index contributed by atoms with van der Waals surface area (Å²) in [4.78, 5) is 21.0. The Hall–Kier alpha value is -7.04.